The Morgan fingerprint density at radius 2 is 1.83 bits per heavy atom. The molecule has 7 nitrogen and oxygen atoms in total. The number of thiophene rings is 1. The molecule has 3 N–H and O–H groups in total. The number of hydrogen-bond acceptors (Lipinski definition) is 7. The van der Waals surface area contributed by atoms with Gasteiger partial charge in [0.05, 0.1) is 6.54 Å². The van der Waals surface area contributed by atoms with Crippen LogP contribution >= 0.6 is 11.3 Å². The van der Waals surface area contributed by atoms with Crippen LogP contribution in [0.25, 0.3) is 11.1 Å². The molecular weight excluding hydrogens is 396 g/mol. The van der Waals surface area contributed by atoms with E-state index in [1.807, 2.05) is 35.7 Å². The minimum Gasteiger partial charge on any atom is -0.325 e. The average Bonchev–Trinajstić information content (AvgIpc) is 3.30. The fourth-order valence-corrected chi connectivity index (χ4v) is 3.62. The zero-order valence-corrected chi connectivity index (χ0v) is 18.2. The van der Waals surface area contributed by atoms with E-state index in [2.05, 4.69) is 50.0 Å². The second-order valence-corrected chi connectivity index (χ2v) is 7.55. The molecule has 0 radical (unpaired) electrons. The van der Waals surface area contributed by atoms with Gasteiger partial charge in [-0.3, -0.25) is 4.79 Å². The second-order valence-electron chi connectivity index (χ2n) is 6.77. The minimum absolute atomic E-state index is 0.0666. The third kappa shape index (κ3) is 6.62. The molecule has 1 amide bonds. The fourth-order valence-electron chi connectivity index (χ4n) is 2.96. The molecule has 2 heterocycles. The summed E-state index contributed by atoms with van der Waals surface area (Å²) >= 11 is 1.64. The zero-order chi connectivity index (χ0) is 21.2. The van der Waals surface area contributed by atoms with Crippen molar-refractivity contribution in [1.82, 2.24) is 20.2 Å². The number of nitrogens with zero attached hydrogens (tertiary/aromatic N) is 3. The molecule has 0 aliphatic carbocycles. The van der Waals surface area contributed by atoms with Gasteiger partial charge in [0.15, 0.2) is 0 Å². The van der Waals surface area contributed by atoms with Crippen LogP contribution in [0, 0.1) is 0 Å². The number of rotatable bonds is 11. The summed E-state index contributed by atoms with van der Waals surface area (Å²) < 4.78 is 0. The molecular formula is C22H28N6OS. The highest BCUT2D eigenvalue weighted by molar-refractivity contribution is 7.08. The predicted octanol–water partition coefficient (Wildman–Crippen LogP) is 3.82. The van der Waals surface area contributed by atoms with Crippen molar-refractivity contribution in [2.24, 2.45) is 0 Å². The van der Waals surface area contributed by atoms with E-state index in [1.54, 1.807) is 23.7 Å². The highest BCUT2D eigenvalue weighted by Crippen LogP contribution is 2.22. The fraction of sp³-hybridized carbons (Fsp3) is 0.318. The Balaban J connectivity index is 1.49. The lowest BCUT2D eigenvalue weighted by Crippen LogP contribution is -2.35. The number of benzene rings is 1. The lowest BCUT2D eigenvalue weighted by molar-refractivity contribution is -0.115. The molecule has 8 heteroatoms. The summed E-state index contributed by atoms with van der Waals surface area (Å²) in [5.41, 5.74) is 3.63. The molecule has 0 spiro atoms. The molecule has 3 aromatic rings. The van der Waals surface area contributed by atoms with Crippen LogP contribution in [0.2, 0.25) is 0 Å². The average molecular weight is 425 g/mol. The van der Waals surface area contributed by atoms with E-state index in [0.717, 1.165) is 48.7 Å². The molecule has 30 heavy (non-hydrogen) atoms. The number of nitrogens with one attached hydrogen (secondary N) is 3. The first kappa shape index (κ1) is 21.9. The molecule has 0 saturated carbocycles. The molecule has 0 saturated heterocycles. The Bertz CT molecular complexity index is 910. The first-order chi connectivity index (χ1) is 14.7. The van der Waals surface area contributed by atoms with Crippen molar-refractivity contribution < 1.29 is 4.79 Å². The summed E-state index contributed by atoms with van der Waals surface area (Å²) in [4.78, 5) is 23.3. The standard InChI is InChI=1S/C22H28N6OS/c1-3-28(4-2)10-9-23-15-21(29)26-19-6-5-7-20(12-19)27-22-24-13-18(14-25-22)17-8-11-30-16-17/h5-8,11-14,16,23H,3-4,9-10,15H2,1-2H3,(H,26,29)(H,24,25,27). The van der Waals surface area contributed by atoms with Crippen molar-refractivity contribution in [1.29, 1.82) is 0 Å². The lowest BCUT2D eigenvalue weighted by Gasteiger charge is -2.17. The maximum Gasteiger partial charge on any atom is 0.238 e. The highest BCUT2D eigenvalue weighted by atomic mass is 32.1. The zero-order valence-electron chi connectivity index (χ0n) is 17.4. The maximum absolute atomic E-state index is 12.2. The Labute approximate surface area is 181 Å². The van der Waals surface area contributed by atoms with Crippen LogP contribution in [-0.4, -0.2) is 53.5 Å². The van der Waals surface area contributed by atoms with Crippen molar-refractivity contribution in [3.63, 3.8) is 0 Å². The van der Waals surface area contributed by atoms with Crippen LogP contribution < -0.4 is 16.0 Å². The molecule has 1 aromatic carbocycles. The maximum atomic E-state index is 12.2. The second kappa shape index (κ2) is 11.4. The van der Waals surface area contributed by atoms with Gasteiger partial charge < -0.3 is 20.9 Å². The summed E-state index contributed by atoms with van der Waals surface area (Å²) in [7, 11) is 0. The summed E-state index contributed by atoms with van der Waals surface area (Å²) in [6, 6.07) is 9.56. The van der Waals surface area contributed by atoms with Gasteiger partial charge in [-0.1, -0.05) is 19.9 Å². The van der Waals surface area contributed by atoms with Gasteiger partial charge >= 0.3 is 0 Å². The minimum atomic E-state index is -0.0666. The number of carbonyl (C=O) groups excluding carboxylic acids is 1. The summed E-state index contributed by atoms with van der Waals surface area (Å²) in [5.74, 6) is 0.443. The van der Waals surface area contributed by atoms with Crippen molar-refractivity contribution in [3.05, 3.63) is 53.5 Å². The number of carbonyl (C=O) groups is 1. The van der Waals surface area contributed by atoms with Gasteiger partial charge in [-0.05, 0) is 53.7 Å². The van der Waals surface area contributed by atoms with E-state index in [4.69, 9.17) is 0 Å². The number of likely N-dealkylation sites (N-methyl/N-ethyl adjacent to an activating group) is 1. The largest absolute Gasteiger partial charge is 0.325 e. The number of hydrogen-bond donors (Lipinski definition) is 3. The molecule has 0 aliphatic heterocycles. The Morgan fingerprint density at radius 3 is 2.53 bits per heavy atom. The van der Waals surface area contributed by atoms with Crippen LogP contribution in [0.5, 0.6) is 0 Å². The topological polar surface area (TPSA) is 82.2 Å². The first-order valence-corrected chi connectivity index (χ1v) is 11.1. The van der Waals surface area contributed by atoms with Gasteiger partial charge in [0.25, 0.3) is 0 Å². The molecule has 2 aromatic heterocycles. The number of amides is 1. The summed E-state index contributed by atoms with van der Waals surface area (Å²) in [6.07, 6.45) is 3.60. The predicted molar refractivity (Wildman–Crippen MR) is 124 cm³/mol. The molecule has 0 unspecified atom stereocenters. The quantitative estimate of drug-likeness (QED) is 0.406. The Morgan fingerprint density at radius 1 is 1.07 bits per heavy atom. The monoisotopic (exact) mass is 424 g/mol. The summed E-state index contributed by atoms with van der Waals surface area (Å²) in [6.45, 7) is 8.32. The van der Waals surface area contributed by atoms with Crippen LogP contribution in [0.3, 0.4) is 0 Å². The van der Waals surface area contributed by atoms with E-state index >= 15 is 0 Å². The van der Waals surface area contributed by atoms with Gasteiger partial charge in [0.2, 0.25) is 11.9 Å². The molecule has 158 valence electrons. The van der Waals surface area contributed by atoms with Gasteiger partial charge in [0, 0.05) is 42.4 Å². The van der Waals surface area contributed by atoms with Crippen molar-refractivity contribution >= 4 is 34.6 Å². The third-order valence-electron chi connectivity index (χ3n) is 4.69. The number of anilines is 3. The van der Waals surface area contributed by atoms with Gasteiger partial charge in [-0.2, -0.15) is 11.3 Å². The SMILES string of the molecule is CCN(CC)CCNCC(=O)Nc1cccc(Nc2ncc(-c3ccsc3)cn2)c1. The summed E-state index contributed by atoms with van der Waals surface area (Å²) in [5, 5.41) is 13.4. The normalized spacial score (nSPS) is 10.9. The van der Waals surface area contributed by atoms with Crippen LogP contribution in [0.15, 0.2) is 53.5 Å². The van der Waals surface area contributed by atoms with E-state index in [0.29, 0.717) is 5.95 Å². The van der Waals surface area contributed by atoms with Crippen LogP contribution in [0.1, 0.15) is 13.8 Å². The van der Waals surface area contributed by atoms with Gasteiger partial charge in [-0.15, -0.1) is 0 Å². The molecule has 0 fully saturated rings. The molecule has 0 bridgehead atoms. The Hall–Kier alpha value is -2.81. The van der Waals surface area contributed by atoms with Crippen molar-refractivity contribution in [2.75, 3.05) is 43.4 Å². The van der Waals surface area contributed by atoms with Crippen molar-refractivity contribution in [2.45, 2.75) is 13.8 Å². The number of aromatic nitrogens is 2. The lowest BCUT2D eigenvalue weighted by atomic mass is 10.2. The van der Waals surface area contributed by atoms with Crippen molar-refractivity contribution in [3.8, 4) is 11.1 Å². The smallest absolute Gasteiger partial charge is 0.238 e. The van der Waals surface area contributed by atoms with Gasteiger partial charge in [-0.25, -0.2) is 9.97 Å². The highest BCUT2D eigenvalue weighted by Gasteiger charge is 2.05. The van der Waals surface area contributed by atoms with E-state index in [-0.39, 0.29) is 12.5 Å². The van der Waals surface area contributed by atoms with E-state index < -0.39 is 0 Å². The molecule has 0 aliphatic rings. The third-order valence-corrected chi connectivity index (χ3v) is 5.38. The first-order valence-electron chi connectivity index (χ1n) is 10.1. The van der Waals surface area contributed by atoms with Crippen LogP contribution in [-0.2, 0) is 4.79 Å². The molecule has 0 atom stereocenters. The Kier molecular flexibility index (Phi) is 8.31. The van der Waals surface area contributed by atoms with E-state index in [9.17, 15) is 4.79 Å². The van der Waals surface area contributed by atoms with Gasteiger partial charge in [0.1, 0.15) is 0 Å². The van der Waals surface area contributed by atoms with Crippen LogP contribution in [0.4, 0.5) is 17.3 Å². The molecule has 3 rings (SSSR count). The van der Waals surface area contributed by atoms with E-state index in [1.165, 1.54) is 0 Å².